The number of methoxy groups -OCH3 is 1. The lowest BCUT2D eigenvalue weighted by molar-refractivity contribution is -0.142. The van der Waals surface area contributed by atoms with Crippen LogP contribution in [0, 0.1) is 0 Å². The van der Waals surface area contributed by atoms with Crippen LogP contribution in [0.2, 0.25) is 0 Å². The minimum absolute atomic E-state index is 0.0830. The maximum absolute atomic E-state index is 12.9. The predicted molar refractivity (Wildman–Crippen MR) is 92.2 cm³/mol. The van der Waals surface area contributed by atoms with Gasteiger partial charge in [-0.15, -0.1) is 0 Å². The van der Waals surface area contributed by atoms with Crippen molar-refractivity contribution < 1.29 is 19.1 Å². The van der Waals surface area contributed by atoms with Crippen LogP contribution in [0.3, 0.4) is 0 Å². The first-order valence-electron chi connectivity index (χ1n) is 8.79. The molecule has 0 spiro atoms. The van der Waals surface area contributed by atoms with Gasteiger partial charge in [0.1, 0.15) is 17.1 Å². The summed E-state index contributed by atoms with van der Waals surface area (Å²) in [7, 11) is 1.63. The lowest BCUT2D eigenvalue weighted by atomic mass is 9.84. The highest BCUT2D eigenvalue weighted by atomic mass is 16.5. The molecular weight excluding hydrogens is 318 g/mol. The van der Waals surface area contributed by atoms with Crippen LogP contribution in [0.1, 0.15) is 37.0 Å². The van der Waals surface area contributed by atoms with Crippen molar-refractivity contribution in [3.05, 3.63) is 54.0 Å². The van der Waals surface area contributed by atoms with Crippen molar-refractivity contribution in [2.24, 2.45) is 0 Å². The summed E-state index contributed by atoms with van der Waals surface area (Å²) in [5.74, 6) is 1.54. The molecule has 2 saturated heterocycles. The Labute approximate surface area is 147 Å². The van der Waals surface area contributed by atoms with Crippen LogP contribution >= 0.6 is 0 Å². The summed E-state index contributed by atoms with van der Waals surface area (Å²) >= 11 is 0. The summed E-state index contributed by atoms with van der Waals surface area (Å²) in [6.45, 7) is 0. The standard InChI is InChI=1S/C20H23NO4/c1-24-17-8-4-14(5-9-17)11-19(22)21-15-6-7-16(21)13-20(23,12-15)18-3-2-10-25-18/h2-5,8-10,15-16,23H,6-7,11-13H2,1H3. The smallest absolute Gasteiger partial charge is 0.227 e. The number of carbonyl (C=O) groups excluding carboxylic acids is 1. The van der Waals surface area contributed by atoms with E-state index in [-0.39, 0.29) is 18.0 Å². The van der Waals surface area contributed by atoms with E-state index >= 15 is 0 Å². The maximum Gasteiger partial charge on any atom is 0.227 e. The van der Waals surface area contributed by atoms with Gasteiger partial charge in [-0.25, -0.2) is 0 Å². The average molecular weight is 341 g/mol. The van der Waals surface area contributed by atoms with Gasteiger partial charge in [-0.2, -0.15) is 0 Å². The van der Waals surface area contributed by atoms with E-state index in [0.717, 1.165) is 24.2 Å². The van der Waals surface area contributed by atoms with Gasteiger partial charge in [0.15, 0.2) is 0 Å². The van der Waals surface area contributed by atoms with Crippen molar-refractivity contribution in [2.45, 2.75) is 49.8 Å². The predicted octanol–water partition coefficient (Wildman–Crippen LogP) is 2.87. The number of amides is 1. The zero-order valence-corrected chi connectivity index (χ0v) is 14.4. The van der Waals surface area contributed by atoms with E-state index in [1.165, 1.54) is 0 Å². The van der Waals surface area contributed by atoms with Crippen molar-refractivity contribution >= 4 is 5.91 Å². The van der Waals surface area contributed by atoms with Crippen LogP contribution in [0.25, 0.3) is 0 Å². The van der Waals surface area contributed by atoms with E-state index in [0.29, 0.717) is 25.0 Å². The van der Waals surface area contributed by atoms with Gasteiger partial charge in [-0.3, -0.25) is 4.79 Å². The fourth-order valence-electron chi connectivity index (χ4n) is 4.39. The molecule has 4 rings (SSSR count). The molecule has 2 aliphatic rings. The summed E-state index contributed by atoms with van der Waals surface area (Å²) < 4.78 is 10.6. The SMILES string of the molecule is COc1ccc(CC(=O)N2C3CCC2CC(O)(c2ccco2)C3)cc1. The van der Waals surface area contributed by atoms with Gasteiger partial charge in [0.25, 0.3) is 0 Å². The normalized spacial score (nSPS) is 28.2. The second-order valence-corrected chi connectivity index (χ2v) is 7.13. The number of ether oxygens (including phenoxy) is 1. The van der Waals surface area contributed by atoms with Gasteiger partial charge >= 0.3 is 0 Å². The van der Waals surface area contributed by atoms with E-state index in [2.05, 4.69) is 0 Å². The summed E-state index contributed by atoms with van der Waals surface area (Å²) in [5, 5.41) is 11.0. The van der Waals surface area contributed by atoms with Gasteiger partial charge in [0.2, 0.25) is 5.91 Å². The number of hydrogen-bond acceptors (Lipinski definition) is 4. The largest absolute Gasteiger partial charge is 0.497 e. The number of aliphatic hydroxyl groups is 1. The first-order valence-corrected chi connectivity index (χ1v) is 8.79. The maximum atomic E-state index is 12.9. The number of hydrogen-bond donors (Lipinski definition) is 1. The summed E-state index contributed by atoms with van der Waals surface area (Å²) in [6, 6.07) is 11.4. The molecule has 2 fully saturated rings. The van der Waals surface area contributed by atoms with Gasteiger partial charge in [0.05, 0.1) is 19.8 Å². The number of benzene rings is 1. The minimum Gasteiger partial charge on any atom is -0.497 e. The zero-order chi connectivity index (χ0) is 17.4. The monoisotopic (exact) mass is 341 g/mol. The number of rotatable bonds is 4. The highest BCUT2D eigenvalue weighted by Gasteiger charge is 2.51. The molecule has 1 aromatic carbocycles. The molecule has 2 bridgehead atoms. The fraction of sp³-hybridized carbons (Fsp3) is 0.450. The van der Waals surface area contributed by atoms with Crippen molar-refractivity contribution in [1.82, 2.24) is 4.90 Å². The number of piperidine rings is 1. The number of carbonyl (C=O) groups is 1. The molecule has 1 aromatic heterocycles. The van der Waals surface area contributed by atoms with E-state index in [1.54, 1.807) is 19.4 Å². The zero-order valence-electron chi connectivity index (χ0n) is 14.4. The third-order valence-corrected chi connectivity index (χ3v) is 5.55. The van der Waals surface area contributed by atoms with Crippen LogP contribution in [0.15, 0.2) is 47.1 Å². The molecule has 1 amide bonds. The van der Waals surface area contributed by atoms with Crippen molar-refractivity contribution in [3.63, 3.8) is 0 Å². The summed E-state index contributed by atoms with van der Waals surface area (Å²) in [6.07, 6.45) is 4.97. The molecular formula is C20H23NO4. The highest BCUT2D eigenvalue weighted by molar-refractivity contribution is 5.80. The molecule has 132 valence electrons. The second-order valence-electron chi connectivity index (χ2n) is 7.13. The van der Waals surface area contributed by atoms with Crippen LogP contribution in [-0.2, 0) is 16.8 Å². The van der Waals surface area contributed by atoms with Gasteiger partial charge in [-0.05, 0) is 42.7 Å². The van der Waals surface area contributed by atoms with Gasteiger partial charge in [-0.1, -0.05) is 12.1 Å². The Hall–Kier alpha value is -2.27. The molecule has 2 aromatic rings. The third-order valence-electron chi connectivity index (χ3n) is 5.55. The minimum atomic E-state index is -0.952. The number of fused-ring (bicyclic) bond motifs is 2. The van der Waals surface area contributed by atoms with Crippen LogP contribution in [0.4, 0.5) is 0 Å². The van der Waals surface area contributed by atoms with E-state index in [4.69, 9.17) is 9.15 Å². The first kappa shape index (κ1) is 16.2. The fourth-order valence-corrected chi connectivity index (χ4v) is 4.39. The molecule has 5 heteroatoms. The topological polar surface area (TPSA) is 62.9 Å². The van der Waals surface area contributed by atoms with Crippen LogP contribution in [-0.4, -0.2) is 35.1 Å². The molecule has 0 saturated carbocycles. The third kappa shape index (κ3) is 2.93. The molecule has 2 aliphatic heterocycles. The highest BCUT2D eigenvalue weighted by Crippen LogP contribution is 2.46. The Balaban J connectivity index is 1.48. The van der Waals surface area contributed by atoms with Crippen molar-refractivity contribution in [3.8, 4) is 5.75 Å². The van der Waals surface area contributed by atoms with Gasteiger partial charge < -0.3 is 19.2 Å². The lowest BCUT2D eigenvalue weighted by Crippen LogP contribution is -2.52. The van der Waals surface area contributed by atoms with Gasteiger partial charge in [0, 0.05) is 24.9 Å². The molecule has 0 radical (unpaired) electrons. The molecule has 2 unspecified atom stereocenters. The second kappa shape index (κ2) is 6.23. The number of furan rings is 1. The summed E-state index contributed by atoms with van der Waals surface area (Å²) in [5.41, 5.74) is 0.0312. The van der Waals surface area contributed by atoms with Crippen molar-refractivity contribution in [2.75, 3.05) is 7.11 Å². The summed E-state index contributed by atoms with van der Waals surface area (Å²) in [4.78, 5) is 14.9. The Bertz CT molecular complexity index is 724. The Kier molecular flexibility index (Phi) is 4.04. The first-order chi connectivity index (χ1) is 12.1. The molecule has 5 nitrogen and oxygen atoms in total. The molecule has 3 heterocycles. The molecule has 1 N–H and O–H groups in total. The number of nitrogens with zero attached hydrogens (tertiary/aromatic N) is 1. The molecule has 2 atom stereocenters. The van der Waals surface area contributed by atoms with E-state index in [1.807, 2.05) is 35.2 Å². The van der Waals surface area contributed by atoms with Crippen LogP contribution in [0.5, 0.6) is 5.75 Å². The lowest BCUT2D eigenvalue weighted by Gasteiger charge is -2.43. The Morgan fingerprint density at radius 2 is 1.92 bits per heavy atom. The Morgan fingerprint density at radius 1 is 1.24 bits per heavy atom. The molecule has 25 heavy (non-hydrogen) atoms. The quantitative estimate of drug-likeness (QED) is 0.929. The molecule has 0 aliphatic carbocycles. The average Bonchev–Trinajstić information content (AvgIpc) is 3.24. The van der Waals surface area contributed by atoms with Crippen molar-refractivity contribution in [1.29, 1.82) is 0 Å². The van der Waals surface area contributed by atoms with E-state index < -0.39 is 5.60 Å². The Morgan fingerprint density at radius 3 is 2.48 bits per heavy atom. The van der Waals surface area contributed by atoms with Crippen LogP contribution < -0.4 is 4.74 Å². The van der Waals surface area contributed by atoms with E-state index in [9.17, 15) is 9.90 Å².